The summed E-state index contributed by atoms with van der Waals surface area (Å²) >= 11 is 0. The number of terminal acetylenes is 1. The van der Waals surface area contributed by atoms with Crippen LogP contribution in [0.3, 0.4) is 0 Å². The maximum absolute atomic E-state index is 14.4. The maximum atomic E-state index is 14.4. The Morgan fingerprint density at radius 2 is 1.88 bits per heavy atom. The third kappa shape index (κ3) is 4.48. The van der Waals surface area contributed by atoms with E-state index >= 15 is 0 Å². The fourth-order valence-electron chi connectivity index (χ4n) is 8.24. The van der Waals surface area contributed by atoms with Gasteiger partial charge in [-0.2, -0.15) is 9.78 Å². The van der Waals surface area contributed by atoms with E-state index in [4.69, 9.17) is 16.1 Å². The molecule has 43 heavy (non-hydrogen) atoms. The molecule has 8 rings (SSSR count). The molecule has 9 nitrogen and oxygen atoms in total. The molecule has 2 bridgehead atoms. The number of pyridine rings is 1. The number of nitrogens with zero attached hydrogens (tertiary/aromatic N) is 4. The third-order valence-electron chi connectivity index (χ3n) is 10.2. The minimum absolute atomic E-state index is 0.0386. The first-order valence-electron chi connectivity index (χ1n) is 15.5. The van der Waals surface area contributed by atoms with E-state index in [1.807, 2.05) is 18.2 Å². The zero-order valence-corrected chi connectivity index (χ0v) is 24.2. The molecule has 0 amide bonds. The number of piperidine rings is 1. The molecule has 4 saturated heterocycles. The van der Waals surface area contributed by atoms with Gasteiger partial charge >= 0.3 is 0 Å². The molecule has 4 aromatic rings. The lowest BCUT2D eigenvalue weighted by molar-refractivity contribution is 0.110. The number of aromatic hydroxyl groups is 1. The van der Waals surface area contributed by atoms with Crippen molar-refractivity contribution in [1.82, 2.24) is 30.3 Å². The first-order valence-corrected chi connectivity index (χ1v) is 15.5. The van der Waals surface area contributed by atoms with Gasteiger partial charge in [0, 0.05) is 59.6 Å². The molecular formula is C34H36N6O3. The van der Waals surface area contributed by atoms with Crippen molar-refractivity contribution in [3.8, 4) is 29.7 Å². The second-order valence-corrected chi connectivity index (χ2v) is 12.8. The van der Waals surface area contributed by atoms with E-state index in [1.165, 1.54) is 17.5 Å². The average molecular weight is 577 g/mol. The van der Waals surface area contributed by atoms with Crippen LogP contribution in [0, 0.1) is 12.3 Å². The smallest absolute Gasteiger partial charge is 0.279 e. The van der Waals surface area contributed by atoms with Crippen LogP contribution in [0.1, 0.15) is 55.7 Å². The Kier molecular flexibility index (Phi) is 6.40. The number of hydrogen-bond acceptors (Lipinski definition) is 8. The molecule has 0 radical (unpaired) electrons. The zero-order valence-electron chi connectivity index (χ0n) is 24.2. The molecule has 2 aromatic carbocycles. The molecule has 0 aliphatic carbocycles. The molecule has 0 saturated carbocycles. The lowest BCUT2D eigenvalue weighted by atomic mass is 9.82. The van der Waals surface area contributed by atoms with Crippen LogP contribution >= 0.6 is 0 Å². The van der Waals surface area contributed by atoms with E-state index in [1.54, 1.807) is 24.4 Å². The van der Waals surface area contributed by atoms with Gasteiger partial charge in [0.25, 0.3) is 5.56 Å². The van der Waals surface area contributed by atoms with Gasteiger partial charge in [0.2, 0.25) is 5.88 Å². The van der Waals surface area contributed by atoms with Crippen molar-refractivity contribution < 1.29 is 9.84 Å². The number of fused-ring (bicyclic) bond motifs is 5. The predicted molar refractivity (Wildman–Crippen MR) is 166 cm³/mol. The third-order valence-corrected chi connectivity index (χ3v) is 10.2. The summed E-state index contributed by atoms with van der Waals surface area (Å²) in [6, 6.07) is 11.3. The Morgan fingerprint density at radius 1 is 1.09 bits per heavy atom. The number of phenols is 1. The quantitative estimate of drug-likeness (QED) is 0.311. The van der Waals surface area contributed by atoms with Crippen molar-refractivity contribution in [3.05, 3.63) is 64.2 Å². The molecule has 220 valence electrons. The first-order chi connectivity index (χ1) is 21.0. The number of hydrogen-bond donors (Lipinski definition) is 3. The van der Waals surface area contributed by atoms with Gasteiger partial charge in [0.15, 0.2) is 0 Å². The molecule has 9 heteroatoms. The highest BCUT2D eigenvalue weighted by Gasteiger charge is 2.45. The number of benzene rings is 2. The van der Waals surface area contributed by atoms with Gasteiger partial charge in [-0.1, -0.05) is 18.1 Å². The second kappa shape index (κ2) is 10.3. The highest BCUT2D eigenvalue weighted by molar-refractivity contribution is 5.96. The van der Waals surface area contributed by atoms with Crippen molar-refractivity contribution in [2.24, 2.45) is 0 Å². The number of rotatable bonds is 5. The van der Waals surface area contributed by atoms with Gasteiger partial charge < -0.3 is 20.5 Å². The van der Waals surface area contributed by atoms with Crippen molar-refractivity contribution >= 4 is 21.5 Å². The van der Waals surface area contributed by atoms with Crippen molar-refractivity contribution in [1.29, 1.82) is 0 Å². The van der Waals surface area contributed by atoms with Gasteiger partial charge in [-0.15, -0.1) is 6.42 Å². The molecule has 4 aliphatic rings. The molecule has 4 aliphatic heterocycles. The molecule has 0 spiro atoms. The van der Waals surface area contributed by atoms with Crippen molar-refractivity contribution in [2.75, 3.05) is 32.8 Å². The van der Waals surface area contributed by atoms with Gasteiger partial charge in [-0.3, -0.25) is 9.69 Å². The minimum Gasteiger partial charge on any atom is -0.508 e. The second-order valence-electron chi connectivity index (χ2n) is 12.8. The predicted octanol–water partition coefficient (Wildman–Crippen LogP) is 3.44. The summed E-state index contributed by atoms with van der Waals surface area (Å²) in [7, 11) is 0. The minimum atomic E-state index is -0.290. The average Bonchev–Trinajstić information content (AvgIpc) is 3.60. The highest BCUT2D eigenvalue weighted by Crippen LogP contribution is 2.40. The summed E-state index contributed by atoms with van der Waals surface area (Å²) in [5.74, 6) is 3.45. The Hall–Kier alpha value is -3.97. The van der Waals surface area contributed by atoms with Crippen LogP contribution in [0.25, 0.3) is 27.2 Å². The Morgan fingerprint density at radius 3 is 2.65 bits per heavy atom. The molecule has 2 aromatic heterocycles. The van der Waals surface area contributed by atoms with Crippen LogP contribution in [0.15, 0.2) is 47.4 Å². The SMILES string of the molecule is C#Cc1cccc2cc(O)cc(-n3ncc4c(C5CC6CNCC(C5)N6)nc(OCC56CCCN5CCC6)cc4c3=O)c12. The zero-order chi connectivity index (χ0) is 29.1. The van der Waals surface area contributed by atoms with Crippen LogP contribution in [0.4, 0.5) is 0 Å². The Bertz CT molecular complexity index is 1820. The molecule has 6 heterocycles. The fourth-order valence-corrected chi connectivity index (χ4v) is 8.24. The number of ether oxygens (including phenoxy) is 1. The van der Waals surface area contributed by atoms with Crippen LogP contribution in [0.2, 0.25) is 0 Å². The Balaban J connectivity index is 1.28. The number of piperazine rings is 1. The molecular weight excluding hydrogens is 540 g/mol. The van der Waals surface area contributed by atoms with E-state index in [2.05, 4.69) is 26.6 Å². The van der Waals surface area contributed by atoms with E-state index in [9.17, 15) is 9.90 Å². The number of phenolic OH excluding ortho intramolecular Hbond substituents is 1. The lowest BCUT2D eigenvalue weighted by Crippen LogP contribution is -2.58. The van der Waals surface area contributed by atoms with Crippen LogP contribution in [0.5, 0.6) is 11.6 Å². The van der Waals surface area contributed by atoms with E-state index < -0.39 is 0 Å². The first kappa shape index (κ1) is 26.6. The van der Waals surface area contributed by atoms with Gasteiger partial charge in [-0.25, -0.2) is 4.98 Å². The van der Waals surface area contributed by atoms with Gasteiger partial charge in [-0.05, 0) is 69.1 Å². The summed E-state index contributed by atoms with van der Waals surface area (Å²) in [6.07, 6.45) is 14.1. The number of aromatic nitrogens is 3. The van der Waals surface area contributed by atoms with Gasteiger partial charge in [0.05, 0.1) is 28.5 Å². The van der Waals surface area contributed by atoms with Crippen LogP contribution < -0.4 is 20.9 Å². The van der Waals surface area contributed by atoms with E-state index in [-0.39, 0.29) is 22.8 Å². The van der Waals surface area contributed by atoms with Crippen LogP contribution in [-0.4, -0.2) is 75.2 Å². The van der Waals surface area contributed by atoms with E-state index in [0.717, 1.165) is 68.3 Å². The normalized spacial score (nSPS) is 24.7. The topological polar surface area (TPSA) is 105 Å². The molecule has 3 N–H and O–H groups in total. The summed E-state index contributed by atoms with van der Waals surface area (Å²) in [4.78, 5) is 22.0. The fraction of sp³-hybridized carbons (Fsp3) is 0.441. The molecule has 4 fully saturated rings. The van der Waals surface area contributed by atoms with Crippen LogP contribution in [-0.2, 0) is 0 Å². The monoisotopic (exact) mass is 576 g/mol. The van der Waals surface area contributed by atoms with E-state index in [0.29, 0.717) is 46.6 Å². The maximum Gasteiger partial charge on any atom is 0.279 e. The van der Waals surface area contributed by atoms with Crippen molar-refractivity contribution in [3.63, 3.8) is 0 Å². The molecule has 2 unspecified atom stereocenters. The summed E-state index contributed by atoms with van der Waals surface area (Å²) in [5.41, 5.74) is 1.75. The van der Waals surface area contributed by atoms with Crippen molar-refractivity contribution in [2.45, 2.75) is 62.1 Å². The standard InChI is InChI=1S/C34H36N6O3/c1-2-21-6-3-7-22-14-26(41)15-29(31(21)22)40-33(42)27-16-30(43-20-34-8-4-10-39(34)11-5-9-34)38-32(28(27)19-36-40)23-12-24-17-35-18-25(13-23)37-24/h1,3,6-7,14-16,19,23-25,35,37,41H,4-5,8-13,17-18,20H2. The summed E-state index contributed by atoms with van der Waals surface area (Å²) in [5, 5.41) is 25.2. The summed E-state index contributed by atoms with van der Waals surface area (Å²) < 4.78 is 7.89. The van der Waals surface area contributed by atoms with Gasteiger partial charge in [0.1, 0.15) is 12.4 Å². The number of nitrogens with one attached hydrogen (secondary N) is 2. The largest absolute Gasteiger partial charge is 0.508 e. The highest BCUT2D eigenvalue weighted by atomic mass is 16.5. The lowest BCUT2D eigenvalue weighted by Gasteiger charge is -2.40. The summed E-state index contributed by atoms with van der Waals surface area (Å²) in [6.45, 7) is 4.67. The Labute approximate surface area is 250 Å². The molecule has 2 atom stereocenters.